The van der Waals surface area contributed by atoms with Gasteiger partial charge in [-0.1, -0.05) is 12.1 Å². The molecule has 1 aliphatic rings. The second-order valence-electron chi connectivity index (χ2n) is 5.82. The van der Waals surface area contributed by atoms with Crippen molar-refractivity contribution < 1.29 is 22.4 Å². The fourth-order valence-corrected chi connectivity index (χ4v) is 4.49. The maximum atomic E-state index is 12.8. The third kappa shape index (κ3) is 5.02. The van der Waals surface area contributed by atoms with Crippen LogP contribution in [-0.4, -0.2) is 49.2 Å². The van der Waals surface area contributed by atoms with Gasteiger partial charge in [-0.3, -0.25) is 9.59 Å². The summed E-state index contributed by atoms with van der Waals surface area (Å²) in [6, 6.07) is 5.36. The molecule has 0 aromatic heterocycles. The number of amides is 2. The number of carbonyl (C=O) groups is 2. The Labute approximate surface area is 140 Å². The Bertz CT molecular complexity index is 703. The summed E-state index contributed by atoms with van der Waals surface area (Å²) in [5.74, 6) is -1.13. The quantitative estimate of drug-likeness (QED) is 0.767. The first-order valence-electron chi connectivity index (χ1n) is 7.82. The van der Waals surface area contributed by atoms with Gasteiger partial charge in [0.05, 0.1) is 11.5 Å². The van der Waals surface area contributed by atoms with E-state index in [1.165, 1.54) is 17.0 Å². The highest BCUT2D eigenvalue weighted by Crippen LogP contribution is 2.18. The summed E-state index contributed by atoms with van der Waals surface area (Å²) in [5, 5.41) is 2.61. The number of benzene rings is 1. The van der Waals surface area contributed by atoms with Gasteiger partial charge in [-0.05, 0) is 31.0 Å². The van der Waals surface area contributed by atoms with E-state index in [1.54, 1.807) is 19.1 Å². The molecular weight excluding hydrogens is 335 g/mol. The molecule has 1 aliphatic heterocycles. The predicted octanol–water partition coefficient (Wildman–Crippen LogP) is 0.868. The Morgan fingerprint density at radius 1 is 1.29 bits per heavy atom. The van der Waals surface area contributed by atoms with Gasteiger partial charge in [-0.15, -0.1) is 0 Å². The van der Waals surface area contributed by atoms with Gasteiger partial charge in [0.25, 0.3) is 0 Å². The summed E-state index contributed by atoms with van der Waals surface area (Å²) in [4.78, 5) is 25.6. The molecule has 1 atom stereocenters. The lowest BCUT2D eigenvalue weighted by Crippen LogP contribution is -2.43. The van der Waals surface area contributed by atoms with E-state index in [-0.39, 0.29) is 42.2 Å². The molecule has 24 heavy (non-hydrogen) atoms. The Hall–Kier alpha value is -1.96. The van der Waals surface area contributed by atoms with E-state index in [4.69, 9.17) is 0 Å². The van der Waals surface area contributed by atoms with Crippen LogP contribution >= 0.6 is 0 Å². The predicted molar refractivity (Wildman–Crippen MR) is 87.3 cm³/mol. The zero-order chi connectivity index (χ0) is 17.7. The lowest BCUT2D eigenvalue weighted by Gasteiger charge is -2.26. The van der Waals surface area contributed by atoms with Crippen LogP contribution in [0.4, 0.5) is 4.39 Å². The highest BCUT2D eigenvalue weighted by atomic mass is 32.2. The second-order valence-corrected chi connectivity index (χ2v) is 8.05. The molecule has 1 unspecified atom stereocenters. The number of halogens is 1. The van der Waals surface area contributed by atoms with Crippen molar-refractivity contribution in [3.8, 4) is 0 Å². The van der Waals surface area contributed by atoms with Gasteiger partial charge in [-0.25, -0.2) is 12.8 Å². The molecule has 8 heteroatoms. The maximum absolute atomic E-state index is 12.8. The lowest BCUT2D eigenvalue weighted by atomic mass is 10.2. The minimum atomic E-state index is -3.09. The molecule has 0 radical (unpaired) electrons. The molecule has 2 amide bonds. The Morgan fingerprint density at radius 2 is 1.96 bits per heavy atom. The molecule has 1 aromatic rings. The fraction of sp³-hybridized carbons (Fsp3) is 0.500. The molecule has 0 spiro atoms. The smallest absolute Gasteiger partial charge is 0.232 e. The molecule has 0 saturated carbocycles. The Kier molecular flexibility index (Phi) is 5.93. The zero-order valence-electron chi connectivity index (χ0n) is 13.5. The van der Waals surface area contributed by atoms with Crippen LogP contribution in [0.2, 0.25) is 0 Å². The van der Waals surface area contributed by atoms with Crippen molar-refractivity contribution in [2.75, 3.05) is 18.1 Å². The molecule has 132 valence electrons. The number of nitrogens with zero attached hydrogens (tertiary/aromatic N) is 1. The molecular formula is C16H21FN2O4S. The molecule has 2 rings (SSSR count). The summed E-state index contributed by atoms with van der Waals surface area (Å²) in [5.41, 5.74) is 0.728. The highest BCUT2D eigenvalue weighted by molar-refractivity contribution is 7.91. The van der Waals surface area contributed by atoms with Gasteiger partial charge < -0.3 is 10.2 Å². The van der Waals surface area contributed by atoms with Crippen molar-refractivity contribution in [2.24, 2.45) is 0 Å². The Balaban J connectivity index is 1.85. The zero-order valence-corrected chi connectivity index (χ0v) is 14.3. The minimum Gasteiger partial charge on any atom is -0.352 e. The topological polar surface area (TPSA) is 83.6 Å². The van der Waals surface area contributed by atoms with Crippen LogP contribution in [0.5, 0.6) is 0 Å². The van der Waals surface area contributed by atoms with Crippen LogP contribution in [0.1, 0.15) is 25.3 Å². The van der Waals surface area contributed by atoms with E-state index in [2.05, 4.69) is 5.32 Å². The van der Waals surface area contributed by atoms with E-state index < -0.39 is 15.7 Å². The number of sulfone groups is 1. The van der Waals surface area contributed by atoms with Crippen molar-refractivity contribution >= 4 is 21.7 Å². The van der Waals surface area contributed by atoms with Crippen molar-refractivity contribution in [3.63, 3.8) is 0 Å². The van der Waals surface area contributed by atoms with Crippen LogP contribution in [0.15, 0.2) is 24.3 Å². The molecule has 1 fully saturated rings. The molecule has 6 nitrogen and oxygen atoms in total. The molecule has 0 bridgehead atoms. The van der Waals surface area contributed by atoms with Crippen molar-refractivity contribution in [1.29, 1.82) is 0 Å². The SMILES string of the molecule is CCN(C(=O)CC(=O)NCc1ccc(F)cc1)C1CCS(=O)(=O)C1. The van der Waals surface area contributed by atoms with Crippen LogP contribution < -0.4 is 5.32 Å². The number of nitrogens with one attached hydrogen (secondary N) is 1. The van der Waals surface area contributed by atoms with Gasteiger partial charge >= 0.3 is 0 Å². The molecule has 1 aromatic carbocycles. The second kappa shape index (κ2) is 7.74. The van der Waals surface area contributed by atoms with Crippen LogP contribution in [0.25, 0.3) is 0 Å². The first kappa shape index (κ1) is 18.4. The van der Waals surface area contributed by atoms with E-state index in [1.807, 2.05) is 0 Å². The third-order valence-corrected chi connectivity index (χ3v) is 5.78. The lowest BCUT2D eigenvalue weighted by molar-refractivity contribution is -0.137. The van der Waals surface area contributed by atoms with Gasteiger partial charge in [0.2, 0.25) is 11.8 Å². The number of rotatable bonds is 6. The Morgan fingerprint density at radius 3 is 2.50 bits per heavy atom. The normalized spacial score (nSPS) is 19.0. The molecule has 1 heterocycles. The average Bonchev–Trinajstić information content (AvgIpc) is 2.87. The van der Waals surface area contributed by atoms with E-state index in [0.717, 1.165) is 5.56 Å². The molecule has 1 N–H and O–H groups in total. The highest BCUT2D eigenvalue weighted by Gasteiger charge is 2.34. The van der Waals surface area contributed by atoms with Gasteiger partial charge in [0, 0.05) is 19.1 Å². The molecule has 1 saturated heterocycles. The average molecular weight is 356 g/mol. The standard InChI is InChI=1S/C16H21FN2O4S/c1-2-19(14-7-8-24(22,23)11-14)16(21)9-15(20)18-10-12-3-5-13(17)6-4-12/h3-6,14H,2,7-11H2,1H3,(H,18,20). The first-order valence-corrected chi connectivity index (χ1v) is 9.64. The van der Waals surface area contributed by atoms with Gasteiger partial charge in [0.15, 0.2) is 9.84 Å². The number of hydrogen-bond acceptors (Lipinski definition) is 4. The third-order valence-electron chi connectivity index (χ3n) is 4.02. The van der Waals surface area contributed by atoms with Crippen molar-refractivity contribution in [2.45, 2.75) is 32.4 Å². The largest absolute Gasteiger partial charge is 0.352 e. The fourth-order valence-electron chi connectivity index (χ4n) is 2.76. The van der Waals surface area contributed by atoms with Crippen LogP contribution in [0.3, 0.4) is 0 Å². The summed E-state index contributed by atoms with van der Waals surface area (Å²) in [6.07, 6.45) is 0.0880. The van der Waals surface area contributed by atoms with Crippen molar-refractivity contribution in [3.05, 3.63) is 35.6 Å². The summed E-state index contributed by atoms with van der Waals surface area (Å²) >= 11 is 0. The number of carbonyl (C=O) groups excluding carboxylic acids is 2. The van der Waals surface area contributed by atoms with Gasteiger partial charge in [-0.2, -0.15) is 0 Å². The monoisotopic (exact) mass is 356 g/mol. The van der Waals surface area contributed by atoms with E-state index >= 15 is 0 Å². The van der Waals surface area contributed by atoms with Crippen molar-refractivity contribution in [1.82, 2.24) is 10.2 Å². The van der Waals surface area contributed by atoms with E-state index in [0.29, 0.717) is 13.0 Å². The van der Waals surface area contributed by atoms with E-state index in [9.17, 15) is 22.4 Å². The molecule has 0 aliphatic carbocycles. The van der Waals surface area contributed by atoms with Gasteiger partial charge in [0.1, 0.15) is 12.2 Å². The minimum absolute atomic E-state index is 0.0379. The maximum Gasteiger partial charge on any atom is 0.232 e. The number of hydrogen-bond donors (Lipinski definition) is 1. The van der Waals surface area contributed by atoms with Crippen LogP contribution in [-0.2, 0) is 26.0 Å². The summed E-state index contributed by atoms with van der Waals surface area (Å²) in [6.45, 7) is 2.33. The summed E-state index contributed by atoms with van der Waals surface area (Å²) in [7, 11) is -3.09. The summed E-state index contributed by atoms with van der Waals surface area (Å²) < 4.78 is 35.9. The van der Waals surface area contributed by atoms with Crippen LogP contribution in [0, 0.1) is 5.82 Å². The first-order chi connectivity index (χ1) is 11.3.